The van der Waals surface area contributed by atoms with E-state index in [4.69, 9.17) is 4.42 Å². The largest absolute Gasteiger partial charge is 0.469 e. The third-order valence-electron chi connectivity index (χ3n) is 3.11. The molecule has 0 aliphatic rings. The van der Waals surface area contributed by atoms with Gasteiger partial charge in [0.05, 0.1) is 17.3 Å². The molecule has 1 amide bonds. The Balaban J connectivity index is 1.72. The minimum absolute atomic E-state index is 0.110. The average molecular weight is 266 g/mol. The smallest absolute Gasteiger partial charge is 0.253 e. The van der Waals surface area contributed by atoms with Gasteiger partial charge in [0.25, 0.3) is 5.91 Å². The van der Waals surface area contributed by atoms with Crippen molar-refractivity contribution in [2.75, 3.05) is 6.54 Å². The van der Waals surface area contributed by atoms with Gasteiger partial charge in [0.15, 0.2) is 0 Å². The van der Waals surface area contributed by atoms with E-state index in [0.29, 0.717) is 18.5 Å². The van der Waals surface area contributed by atoms with Crippen LogP contribution in [0.3, 0.4) is 0 Å². The Morgan fingerprint density at radius 2 is 2.05 bits per heavy atom. The van der Waals surface area contributed by atoms with Crippen molar-refractivity contribution in [1.29, 1.82) is 0 Å². The molecule has 0 radical (unpaired) electrons. The highest BCUT2D eigenvalue weighted by molar-refractivity contribution is 6.05. The number of nitrogens with one attached hydrogen (secondary N) is 1. The molecule has 1 N–H and O–H groups in total. The lowest BCUT2D eigenvalue weighted by Gasteiger charge is -2.06. The first-order valence-corrected chi connectivity index (χ1v) is 6.49. The normalized spacial score (nSPS) is 10.6. The Kier molecular flexibility index (Phi) is 3.46. The molecule has 100 valence electrons. The molecule has 0 aliphatic heterocycles. The molecule has 0 spiro atoms. The number of hydrogen-bond acceptors (Lipinski definition) is 3. The summed E-state index contributed by atoms with van der Waals surface area (Å²) in [5.74, 6) is 0.752. The molecule has 1 aromatic carbocycles. The Hall–Kier alpha value is -2.62. The molecule has 0 atom stereocenters. The van der Waals surface area contributed by atoms with Gasteiger partial charge in [-0.25, -0.2) is 0 Å². The van der Waals surface area contributed by atoms with Gasteiger partial charge in [-0.15, -0.1) is 0 Å². The van der Waals surface area contributed by atoms with Crippen LogP contribution in [-0.4, -0.2) is 17.4 Å². The van der Waals surface area contributed by atoms with Gasteiger partial charge in [-0.1, -0.05) is 18.2 Å². The maximum absolute atomic E-state index is 12.2. The number of nitrogens with zero attached hydrogens (tertiary/aromatic N) is 1. The molecular formula is C16H14N2O2. The number of carbonyl (C=O) groups excluding carboxylic acids is 1. The summed E-state index contributed by atoms with van der Waals surface area (Å²) in [4.78, 5) is 16.5. The van der Waals surface area contributed by atoms with Crippen LogP contribution in [0.5, 0.6) is 0 Å². The third kappa shape index (κ3) is 2.54. The summed E-state index contributed by atoms with van der Waals surface area (Å²) in [6.45, 7) is 0.537. The lowest BCUT2D eigenvalue weighted by atomic mass is 10.1. The van der Waals surface area contributed by atoms with Crippen molar-refractivity contribution in [3.8, 4) is 0 Å². The van der Waals surface area contributed by atoms with E-state index in [1.807, 2.05) is 36.4 Å². The molecular weight excluding hydrogens is 252 g/mol. The van der Waals surface area contributed by atoms with Crippen LogP contribution >= 0.6 is 0 Å². The highest BCUT2D eigenvalue weighted by atomic mass is 16.3. The number of furan rings is 1. The monoisotopic (exact) mass is 266 g/mol. The fourth-order valence-corrected chi connectivity index (χ4v) is 2.14. The molecule has 0 aliphatic carbocycles. The molecule has 0 saturated heterocycles. The zero-order valence-corrected chi connectivity index (χ0v) is 10.9. The summed E-state index contributed by atoms with van der Waals surface area (Å²) in [7, 11) is 0. The molecule has 4 heteroatoms. The van der Waals surface area contributed by atoms with Crippen LogP contribution in [0.2, 0.25) is 0 Å². The van der Waals surface area contributed by atoms with E-state index in [1.54, 1.807) is 18.5 Å². The molecule has 2 heterocycles. The second kappa shape index (κ2) is 5.57. The Morgan fingerprint density at radius 3 is 2.90 bits per heavy atom. The van der Waals surface area contributed by atoms with Gasteiger partial charge >= 0.3 is 0 Å². The summed E-state index contributed by atoms with van der Waals surface area (Å²) in [6.07, 6.45) is 4.00. The summed E-state index contributed by atoms with van der Waals surface area (Å²) in [5.41, 5.74) is 1.33. The fourth-order valence-electron chi connectivity index (χ4n) is 2.14. The number of rotatable bonds is 4. The summed E-state index contributed by atoms with van der Waals surface area (Å²) in [5, 5.41) is 3.85. The van der Waals surface area contributed by atoms with E-state index in [0.717, 1.165) is 16.7 Å². The van der Waals surface area contributed by atoms with Crippen molar-refractivity contribution in [2.45, 2.75) is 6.42 Å². The van der Waals surface area contributed by atoms with Gasteiger partial charge in [0.1, 0.15) is 5.76 Å². The molecule has 4 nitrogen and oxygen atoms in total. The zero-order valence-electron chi connectivity index (χ0n) is 10.9. The summed E-state index contributed by atoms with van der Waals surface area (Å²) >= 11 is 0. The average Bonchev–Trinajstić information content (AvgIpc) is 3.00. The first-order chi connectivity index (χ1) is 9.84. The third-order valence-corrected chi connectivity index (χ3v) is 3.11. The van der Waals surface area contributed by atoms with Crippen molar-refractivity contribution in [2.24, 2.45) is 0 Å². The number of benzene rings is 1. The van der Waals surface area contributed by atoms with Crippen LogP contribution in [-0.2, 0) is 6.42 Å². The van der Waals surface area contributed by atoms with Gasteiger partial charge in [-0.2, -0.15) is 0 Å². The molecule has 0 saturated carbocycles. The van der Waals surface area contributed by atoms with E-state index in [2.05, 4.69) is 10.3 Å². The van der Waals surface area contributed by atoms with E-state index >= 15 is 0 Å². The molecule has 0 bridgehead atoms. The number of pyridine rings is 1. The molecule has 3 aromatic rings. The number of amides is 1. The highest BCUT2D eigenvalue weighted by Crippen LogP contribution is 2.15. The van der Waals surface area contributed by atoms with Gasteiger partial charge in [-0.05, 0) is 24.3 Å². The van der Waals surface area contributed by atoms with E-state index < -0.39 is 0 Å². The Labute approximate surface area is 116 Å². The first kappa shape index (κ1) is 12.4. The van der Waals surface area contributed by atoms with Crippen molar-refractivity contribution in [3.63, 3.8) is 0 Å². The van der Waals surface area contributed by atoms with Gasteiger partial charge < -0.3 is 9.73 Å². The Bertz CT molecular complexity index is 715. The summed E-state index contributed by atoms with van der Waals surface area (Å²) < 4.78 is 5.23. The lowest BCUT2D eigenvalue weighted by molar-refractivity contribution is 0.0955. The number of para-hydroxylation sites is 1. The topological polar surface area (TPSA) is 55.1 Å². The second-order valence-electron chi connectivity index (χ2n) is 4.47. The van der Waals surface area contributed by atoms with Crippen molar-refractivity contribution >= 4 is 16.8 Å². The lowest BCUT2D eigenvalue weighted by Crippen LogP contribution is -2.25. The van der Waals surface area contributed by atoms with Crippen LogP contribution in [0.1, 0.15) is 16.1 Å². The molecule has 20 heavy (non-hydrogen) atoms. The van der Waals surface area contributed by atoms with Crippen LogP contribution in [0, 0.1) is 0 Å². The molecule has 0 unspecified atom stereocenters. The molecule has 0 fully saturated rings. The maximum Gasteiger partial charge on any atom is 0.253 e. The van der Waals surface area contributed by atoms with Crippen LogP contribution < -0.4 is 5.32 Å². The summed E-state index contributed by atoms with van der Waals surface area (Å²) in [6, 6.07) is 13.1. The predicted molar refractivity (Wildman–Crippen MR) is 76.5 cm³/mol. The van der Waals surface area contributed by atoms with Crippen LogP contribution in [0.4, 0.5) is 0 Å². The van der Waals surface area contributed by atoms with E-state index in [1.165, 1.54) is 0 Å². The molecule has 2 aromatic heterocycles. The number of carbonyl (C=O) groups is 1. The van der Waals surface area contributed by atoms with Crippen LogP contribution in [0.25, 0.3) is 10.9 Å². The minimum Gasteiger partial charge on any atom is -0.469 e. The first-order valence-electron chi connectivity index (χ1n) is 6.49. The van der Waals surface area contributed by atoms with Crippen molar-refractivity contribution in [1.82, 2.24) is 10.3 Å². The zero-order chi connectivity index (χ0) is 13.8. The maximum atomic E-state index is 12.2. The molecule has 3 rings (SSSR count). The van der Waals surface area contributed by atoms with Crippen molar-refractivity contribution < 1.29 is 9.21 Å². The van der Waals surface area contributed by atoms with E-state index in [-0.39, 0.29) is 5.91 Å². The standard InChI is InChI=1S/C16H14N2O2/c19-16(18-10-8-13-6-3-11-20-13)14-7-1-4-12-5-2-9-17-15(12)14/h1-7,9,11H,8,10H2,(H,18,19). The Morgan fingerprint density at radius 1 is 1.15 bits per heavy atom. The number of hydrogen-bond donors (Lipinski definition) is 1. The number of fused-ring (bicyclic) bond motifs is 1. The van der Waals surface area contributed by atoms with Crippen molar-refractivity contribution in [3.05, 3.63) is 66.2 Å². The highest BCUT2D eigenvalue weighted by Gasteiger charge is 2.10. The number of aromatic nitrogens is 1. The van der Waals surface area contributed by atoms with Crippen LogP contribution in [0.15, 0.2) is 59.3 Å². The quantitative estimate of drug-likeness (QED) is 0.790. The minimum atomic E-state index is -0.110. The SMILES string of the molecule is O=C(NCCc1ccco1)c1cccc2cccnc12. The fraction of sp³-hybridized carbons (Fsp3) is 0.125. The predicted octanol–water partition coefficient (Wildman–Crippen LogP) is 2.80. The van der Waals surface area contributed by atoms with E-state index in [9.17, 15) is 4.79 Å². The second-order valence-corrected chi connectivity index (χ2v) is 4.47. The van der Waals surface area contributed by atoms with Gasteiger partial charge in [0, 0.05) is 24.5 Å². The van der Waals surface area contributed by atoms with Gasteiger partial charge in [0.2, 0.25) is 0 Å². The van der Waals surface area contributed by atoms with Gasteiger partial charge in [-0.3, -0.25) is 9.78 Å².